The van der Waals surface area contributed by atoms with Crippen molar-refractivity contribution in [1.82, 2.24) is 10.2 Å². The van der Waals surface area contributed by atoms with Crippen LogP contribution in [0.4, 0.5) is 0 Å². The number of aryl methyl sites for hydroxylation is 1. The molecule has 112 valence electrons. The zero-order valence-corrected chi connectivity index (χ0v) is 15.0. The van der Waals surface area contributed by atoms with Gasteiger partial charge < -0.3 is 10.1 Å². The molecule has 1 N–H and O–H groups in total. The molecule has 3 rings (SSSR count). The lowest BCUT2D eigenvalue weighted by atomic mass is 9.93. The number of halogens is 1. The van der Waals surface area contributed by atoms with Crippen molar-refractivity contribution < 1.29 is 4.74 Å². The summed E-state index contributed by atoms with van der Waals surface area (Å²) in [4.78, 5) is 4.12. The standard InChI is InChI=1S/C15H23IN2OS/c1-11(10-18-5-7-19-8-6-18)17-13-3-2-4-14-12(13)9-15(16)20-14/h9,11,13,17H,2-8,10H2,1H3. The largest absolute Gasteiger partial charge is 0.379 e. The van der Waals surface area contributed by atoms with Crippen LogP contribution < -0.4 is 5.32 Å². The van der Waals surface area contributed by atoms with E-state index >= 15 is 0 Å². The van der Waals surface area contributed by atoms with E-state index in [4.69, 9.17) is 4.74 Å². The van der Waals surface area contributed by atoms with Gasteiger partial charge in [-0.15, -0.1) is 11.3 Å². The van der Waals surface area contributed by atoms with Crippen LogP contribution in [-0.2, 0) is 11.2 Å². The van der Waals surface area contributed by atoms with Gasteiger partial charge in [0.15, 0.2) is 0 Å². The Morgan fingerprint density at radius 3 is 3.10 bits per heavy atom. The van der Waals surface area contributed by atoms with E-state index in [1.807, 2.05) is 11.3 Å². The zero-order valence-electron chi connectivity index (χ0n) is 12.0. The first kappa shape index (κ1) is 15.2. The Morgan fingerprint density at radius 1 is 1.50 bits per heavy atom. The first-order valence-electron chi connectivity index (χ1n) is 7.56. The summed E-state index contributed by atoms with van der Waals surface area (Å²) in [5.74, 6) is 0. The number of ether oxygens (including phenoxy) is 1. The number of thiophene rings is 1. The van der Waals surface area contributed by atoms with Crippen molar-refractivity contribution in [3.8, 4) is 0 Å². The van der Waals surface area contributed by atoms with Gasteiger partial charge >= 0.3 is 0 Å². The van der Waals surface area contributed by atoms with Gasteiger partial charge in [0.2, 0.25) is 0 Å². The summed E-state index contributed by atoms with van der Waals surface area (Å²) in [5, 5.41) is 3.86. The Labute approximate surface area is 139 Å². The van der Waals surface area contributed by atoms with Gasteiger partial charge in [-0.25, -0.2) is 0 Å². The minimum absolute atomic E-state index is 0.543. The van der Waals surface area contributed by atoms with Gasteiger partial charge in [0.1, 0.15) is 0 Å². The minimum Gasteiger partial charge on any atom is -0.379 e. The van der Waals surface area contributed by atoms with E-state index in [0.717, 1.165) is 32.8 Å². The zero-order chi connectivity index (χ0) is 13.9. The van der Waals surface area contributed by atoms with Crippen LogP contribution in [0.1, 0.15) is 36.2 Å². The second-order valence-electron chi connectivity index (χ2n) is 5.85. The third-order valence-corrected chi connectivity index (χ3v) is 6.18. The van der Waals surface area contributed by atoms with Crippen LogP contribution in [0.5, 0.6) is 0 Å². The van der Waals surface area contributed by atoms with Crippen LogP contribution in [-0.4, -0.2) is 43.8 Å². The maximum absolute atomic E-state index is 5.42. The van der Waals surface area contributed by atoms with Crippen LogP contribution in [0, 0.1) is 2.88 Å². The summed E-state index contributed by atoms with van der Waals surface area (Å²) in [6, 6.07) is 3.50. The molecule has 20 heavy (non-hydrogen) atoms. The number of rotatable bonds is 4. The van der Waals surface area contributed by atoms with Crippen LogP contribution in [0.3, 0.4) is 0 Å². The van der Waals surface area contributed by atoms with Crippen molar-refractivity contribution in [3.63, 3.8) is 0 Å². The summed E-state index contributed by atoms with van der Waals surface area (Å²) in [7, 11) is 0. The lowest BCUT2D eigenvalue weighted by Crippen LogP contribution is -2.45. The second-order valence-corrected chi connectivity index (χ2v) is 8.89. The third-order valence-electron chi connectivity index (χ3n) is 4.21. The lowest BCUT2D eigenvalue weighted by Gasteiger charge is -2.32. The monoisotopic (exact) mass is 406 g/mol. The molecule has 0 spiro atoms. The van der Waals surface area contributed by atoms with Crippen LogP contribution in [0.2, 0.25) is 0 Å². The highest BCUT2D eigenvalue weighted by atomic mass is 127. The highest BCUT2D eigenvalue weighted by Gasteiger charge is 2.24. The van der Waals surface area contributed by atoms with Crippen LogP contribution in [0.25, 0.3) is 0 Å². The SMILES string of the molecule is CC(CN1CCOCC1)NC1CCCc2sc(I)cc21. The molecule has 0 amide bonds. The highest BCUT2D eigenvalue weighted by molar-refractivity contribution is 14.1. The van der Waals surface area contributed by atoms with E-state index in [-0.39, 0.29) is 0 Å². The van der Waals surface area contributed by atoms with Gasteiger partial charge in [-0.1, -0.05) is 0 Å². The van der Waals surface area contributed by atoms with Crippen LogP contribution in [0.15, 0.2) is 6.07 Å². The molecule has 1 aromatic heterocycles. The highest BCUT2D eigenvalue weighted by Crippen LogP contribution is 2.36. The average Bonchev–Trinajstić information content (AvgIpc) is 2.81. The first-order chi connectivity index (χ1) is 9.72. The van der Waals surface area contributed by atoms with Gasteiger partial charge in [0.05, 0.1) is 16.1 Å². The van der Waals surface area contributed by atoms with Crippen molar-refractivity contribution in [1.29, 1.82) is 0 Å². The molecule has 0 bridgehead atoms. The first-order valence-corrected chi connectivity index (χ1v) is 9.46. The fourth-order valence-corrected chi connectivity index (χ4v) is 5.38. The maximum atomic E-state index is 5.42. The summed E-state index contributed by atoms with van der Waals surface area (Å²) in [6.45, 7) is 7.40. The second kappa shape index (κ2) is 7.05. The number of fused-ring (bicyclic) bond motifs is 1. The molecule has 1 aromatic rings. The maximum Gasteiger partial charge on any atom is 0.0659 e. The summed E-state index contributed by atoms with van der Waals surface area (Å²) in [5.41, 5.74) is 1.57. The van der Waals surface area contributed by atoms with Crippen molar-refractivity contribution >= 4 is 33.9 Å². The van der Waals surface area contributed by atoms with E-state index in [2.05, 4.69) is 45.8 Å². The smallest absolute Gasteiger partial charge is 0.0659 e. The van der Waals surface area contributed by atoms with Gasteiger partial charge in [-0.2, -0.15) is 0 Å². The van der Waals surface area contributed by atoms with Gasteiger partial charge in [0.25, 0.3) is 0 Å². The molecule has 2 unspecified atom stereocenters. The van der Waals surface area contributed by atoms with Crippen LogP contribution >= 0.6 is 33.9 Å². The van der Waals surface area contributed by atoms with Crippen molar-refractivity contribution in [3.05, 3.63) is 19.4 Å². The predicted octanol–water partition coefficient (Wildman–Crippen LogP) is 3.04. The van der Waals surface area contributed by atoms with Crippen molar-refractivity contribution in [2.45, 2.75) is 38.3 Å². The van der Waals surface area contributed by atoms with E-state index in [0.29, 0.717) is 12.1 Å². The molecule has 0 saturated carbocycles. The molecule has 1 fully saturated rings. The number of morpholine rings is 1. The van der Waals surface area contributed by atoms with Crippen molar-refractivity contribution in [2.24, 2.45) is 0 Å². The molecule has 1 aliphatic heterocycles. The quantitative estimate of drug-likeness (QED) is 0.779. The summed E-state index contributed by atoms with van der Waals surface area (Å²) >= 11 is 4.43. The molecule has 2 aliphatic rings. The lowest BCUT2D eigenvalue weighted by molar-refractivity contribution is 0.0337. The normalized spacial score (nSPS) is 25.4. The fraction of sp³-hybridized carbons (Fsp3) is 0.733. The average molecular weight is 406 g/mol. The molecule has 2 atom stereocenters. The van der Waals surface area contributed by atoms with E-state index in [1.54, 1.807) is 10.4 Å². The van der Waals surface area contributed by atoms with E-state index in [1.165, 1.54) is 22.1 Å². The molecular formula is C15H23IN2OS. The topological polar surface area (TPSA) is 24.5 Å². The Kier molecular flexibility index (Phi) is 5.36. The molecule has 0 radical (unpaired) electrons. The molecular weight excluding hydrogens is 383 g/mol. The number of hydrogen-bond acceptors (Lipinski definition) is 4. The van der Waals surface area contributed by atoms with E-state index in [9.17, 15) is 0 Å². The number of hydrogen-bond donors (Lipinski definition) is 1. The number of nitrogens with zero attached hydrogens (tertiary/aromatic N) is 1. The van der Waals surface area contributed by atoms with Gasteiger partial charge in [-0.05, 0) is 60.4 Å². The molecule has 5 heteroatoms. The minimum atomic E-state index is 0.543. The summed E-state index contributed by atoms with van der Waals surface area (Å²) < 4.78 is 6.85. The Balaban J connectivity index is 1.57. The molecule has 0 aromatic carbocycles. The van der Waals surface area contributed by atoms with Gasteiger partial charge in [-0.3, -0.25) is 4.90 Å². The number of nitrogens with one attached hydrogen (secondary N) is 1. The molecule has 1 aliphatic carbocycles. The van der Waals surface area contributed by atoms with Crippen molar-refractivity contribution in [2.75, 3.05) is 32.8 Å². The molecule has 1 saturated heterocycles. The predicted molar refractivity (Wildman–Crippen MR) is 92.6 cm³/mol. The van der Waals surface area contributed by atoms with E-state index < -0.39 is 0 Å². The molecule has 2 heterocycles. The Hall–Kier alpha value is 0.310. The third kappa shape index (κ3) is 3.74. The Bertz CT molecular complexity index is 445. The van der Waals surface area contributed by atoms with Gasteiger partial charge in [0, 0.05) is 36.6 Å². The summed E-state index contributed by atoms with van der Waals surface area (Å²) in [6.07, 6.45) is 3.89. The fourth-order valence-electron chi connectivity index (χ4n) is 3.26. The Morgan fingerprint density at radius 2 is 2.30 bits per heavy atom. The molecule has 3 nitrogen and oxygen atoms in total.